The molecule has 19 heavy (non-hydrogen) atoms. The molecule has 0 aliphatic heterocycles. The van der Waals surface area contributed by atoms with Gasteiger partial charge in [-0.05, 0) is 33.8 Å². The SMILES string of the molecule is Cc1cc(C(=O)Cn2cc(OC(C)C)cn2)c(C)s1. The summed E-state index contributed by atoms with van der Waals surface area (Å²) < 4.78 is 7.13. The number of carbonyl (C=O) groups excluding carboxylic acids is 1. The Morgan fingerprint density at radius 2 is 2.21 bits per heavy atom. The normalized spacial score (nSPS) is 11.0. The molecule has 0 aliphatic carbocycles. The second kappa shape index (κ2) is 5.57. The molecule has 0 unspecified atom stereocenters. The van der Waals surface area contributed by atoms with E-state index in [1.165, 1.54) is 0 Å². The summed E-state index contributed by atoms with van der Waals surface area (Å²) in [5, 5.41) is 4.15. The van der Waals surface area contributed by atoms with Gasteiger partial charge in [0.05, 0.1) is 18.5 Å². The Morgan fingerprint density at radius 3 is 2.79 bits per heavy atom. The highest BCUT2D eigenvalue weighted by Crippen LogP contribution is 2.21. The lowest BCUT2D eigenvalue weighted by molar-refractivity contribution is 0.0967. The molecule has 0 saturated heterocycles. The monoisotopic (exact) mass is 278 g/mol. The van der Waals surface area contributed by atoms with Crippen molar-refractivity contribution in [3.63, 3.8) is 0 Å². The lowest BCUT2D eigenvalue weighted by atomic mass is 10.1. The van der Waals surface area contributed by atoms with Crippen LogP contribution in [0.3, 0.4) is 0 Å². The predicted octanol–water partition coefficient (Wildman–Crippen LogP) is 3.23. The molecule has 4 nitrogen and oxygen atoms in total. The van der Waals surface area contributed by atoms with E-state index in [2.05, 4.69) is 5.10 Å². The molecule has 2 heterocycles. The van der Waals surface area contributed by atoms with Crippen LogP contribution in [0.4, 0.5) is 0 Å². The Balaban J connectivity index is 2.07. The third-order valence-electron chi connectivity index (χ3n) is 2.63. The zero-order valence-electron chi connectivity index (χ0n) is 11.6. The minimum atomic E-state index is 0.0843. The van der Waals surface area contributed by atoms with Crippen molar-refractivity contribution >= 4 is 17.1 Å². The van der Waals surface area contributed by atoms with Gasteiger partial charge < -0.3 is 4.74 Å². The molecule has 0 radical (unpaired) electrons. The van der Waals surface area contributed by atoms with Gasteiger partial charge in [0.1, 0.15) is 6.54 Å². The first-order valence-corrected chi connectivity index (χ1v) is 7.06. The number of ether oxygens (including phenoxy) is 1. The summed E-state index contributed by atoms with van der Waals surface area (Å²) in [4.78, 5) is 14.4. The molecule has 0 fully saturated rings. The minimum absolute atomic E-state index is 0.0843. The van der Waals surface area contributed by atoms with E-state index in [-0.39, 0.29) is 18.4 Å². The van der Waals surface area contributed by atoms with Gasteiger partial charge >= 0.3 is 0 Å². The van der Waals surface area contributed by atoms with Gasteiger partial charge in [-0.25, -0.2) is 0 Å². The maximum Gasteiger partial charge on any atom is 0.185 e. The van der Waals surface area contributed by atoms with Crippen molar-refractivity contribution < 1.29 is 9.53 Å². The van der Waals surface area contributed by atoms with Gasteiger partial charge in [0.25, 0.3) is 0 Å². The highest BCUT2D eigenvalue weighted by atomic mass is 32.1. The fourth-order valence-corrected chi connectivity index (χ4v) is 2.85. The molecule has 2 aromatic rings. The number of Topliss-reactive ketones (excluding diaryl/α,β-unsaturated/α-hetero) is 1. The lowest BCUT2D eigenvalue weighted by Gasteiger charge is -2.05. The van der Waals surface area contributed by atoms with E-state index in [4.69, 9.17) is 4.74 Å². The van der Waals surface area contributed by atoms with Gasteiger partial charge in [-0.1, -0.05) is 0 Å². The smallest absolute Gasteiger partial charge is 0.185 e. The van der Waals surface area contributed by atoms with Crippen molar-refractivity contribution in [1.82, 2.24) is 9.78 Å². The standard InChI is InChI=1S/C14H18N2O2S/c1-9(2)18-12-6-15-16(7-12)8-14(17)13-5-10(3)19-11(13)4/h5-7,9H,8H2,1-4H3. The number of aromatic nitrogens is 2. The van der Waals surface area contributed by atoms with Gasteiger partial charge in [0.2, 0.25) is 0 Å². The van der Waals surface area contributed by atoms with Gasteiger partial charge in [-0.15, -0.1) is 11.3 Å². The summed E-state index contributed by atoms with van der Waals surface area (Å²) in [5.74, 6) is 0.780. The number of hydrogen-bond donors (Lipinski definition) is 0. The number of nitrogens with zero attached hydrogens (tertiary/aromatic N) is 2. The maximum absolute atomic E-state index is 12.2. The molecule has 0 N–H and O–H groups in total. The van der Waals surface area contributed by atoms with E-state index in [1.54, 1.807) is 28.4 Å². The Hall–Kier alpha value is -1.62. The van der Waals surface area contributed by atoms with Crippen LogP contribution in [0.2, 0.25) is 0 Å². The predicted molar refractivity (Wildman–Crippen MR) is 76.1 cm³/mol. The Bertz CT molecular complexity index is 584. The van der Waals surface area contributed by atoms with Crippen molar-refractivity contribution in [2.75, 3.05) is 0 Å². The van der Waals surface area contributed by atoms with Gasteiger partial charge in [0, 0.05) is 15.3 Å². The van der Waals surface area contributed by atoms with Crippen molar-refractivity contribution in [3.8, 4) is 5.75 Å². The molecule has 0 spiro atoms. The minimum Gasteiger partial charge on any atom is -0.488 e. The van der Waals surface area contributed by atoms with E-state index < -0.39 is 0 Å². The topological polar surface area (TPSA) is 44.1 Å². The Morgan fingerprint density at radius 1 is 1.47 bits per heavy atom. The zero-order chi connectivity index (χ0) is 14.0. The fourth-order valence-electron chi connectivity index (χ4n) is 1.90. The van der Waals surface area contributed by atoms with E-state index >= 15 is 0 Å². The Labute approximate surface area is 117 Å². The molecule has 0 aliphatic rings. The molecule has 2 aromatic heterocycles. The third kappa shape index (κ3) is 3.44. The summed E-state index contributed by atoms with van der Waals surface area (Å²) in [7, 11) is 0. The van der Waals surface area contributed by atoms with Crippen molar-refractivity contribution in [2.45, 2.75) is 40.3 Å². The zero-order valence-corrected chi connectivity index (χ0v) is 12.5. The van der Waals surface area contributed by atoms with Crippen LogP contribution in [0.5, 0.6) is 5.75 Å². The molecule has 0 aromatic carbocycles. The second-order valence-corrected chi connectivity index (χ2v) is 6.25. The van der Waals surface area contributed by atoms with Gasteiger partial charge in [0.15, 0.2) is 11.5 Å². The first-order valence-electron chi connectivity index (χ1n) is 6.25. The number of carbonyl (C=O) groups is 1. The average Bonchev–Trinajstić information content (AvgIpc) is 2.84. The highest BCUT2D eigenvalue weighted by molar-refractivity contribution is 7.12. The van der Waals surface area contributed by atoms with Crippen LogP contribution in [0.15, 0.2) is 18.5 Å². The van der Waals surface area contributed by atoms with Crippen LogP contribution in [-0.2, 0) is 6.54 Å². The quantitative estimate of drug-likeness (QED) is 0.789. The molecular formula is C14H18N2O2S. The van der Waals surface area contributed by atoms with Crippen LogP contribution in [0.1, 0.15) is 34.0 Å². The molecule has 0 bridgehead atoms. The molecule has 102 valence electrons. The summed E-state index contributed by atoms with van der Waals surface area (Å²) in [6.45, 7) is 8.15. The summed E-state index contributed by atoms with van der Waals surface area (Å²) in [6.07, 6.45) is 3.50. The van der Waals surface area contributed by atoms with Crippen molar-refractivity contribution in [3.05, 3.63) is 33.8 Å². The number of aryl methyl sites for hydroxylation is 2. The molecule has 0 saturated carbocycles. The summed E-state index contributed by atoms with van der Waals surface area (Å²) in [5.41, 5.74) is 0.796. The molecule has 0 atom stereocenters. The van der Waals surface area contributed by atoms with E-state index in [0.29, 0.717) is 5.75 Å². The third-order valence-corrected chi connectivity index (χ3v) is 3.59. The van der Waals surface area contributed by atoms with E-state index in [1.807, 2.05) is 33.8 Å². The highest BCUT2D eigenvalue weighted by Gasteiger charge is 2.13. The number of rotatable bonds is 5. The first kappa shape index (κ1) is 13.8. The van der Waals surface area contributed by atoms with Crippen molar-refractivity contribution in [1.29, 1.82) is 0 Å². The molecule has 0 amide bonds. The summed E-state index contributed by atoms with van der Waals surface area (Å²) >= 11 is 1.65. The van der Waals surface area contributed by atoms with Crippen LogP contribution >= 0.6 is 11.3 Å². The van der Waals surface area contributed by atoms with Crippen LogP contribution in [0, 0.1) is 13.8 Å². The average molecular weight is 278 g/mol. The molecular weight excluding hydrogens is 260 g/mol. The second-order valence-electron chi connectivity index (χ2n) is 4.79. The van der Waals surface area contributed by atoms with Crippen LogP contribution in [-0.4, -0.2) is 21.7 Å². The van der Waals surface area contributed by atoms with E-state index in [0.717, 1.165) is 15.3 Å². The number of hydrogen-bond acceptors (Lipinski definition) is 4. The lowest BCUT2D eigenvalue weighted by Crippen LogP contribution is -2.11. The fraction of sp³-hybridized carbons (Fsp3) is 0.429. The maximum atomic E-state index is 12.2. The van der Waals surface area contributed by atoms with E-state index in [9.17, 15) is 4.79 Å². The van der Waals surface area contributed by atoms with Crippen molar-refractivity contribution in [2.24, 2.45) is 0 Å². The molecule has 5 heteroatoms. The van der Waals surface area contributed by atoms with Gasteiger partial charge in [-0.3, -0.25) is 9.48 Å². The molecule has 2 rings (SSSR count). The Kier molecular flexibility index (Phi) is 4.04. The van der Waals surface area contributed by atoms with Crippen LogP contribution < -0.4 is 4.74 Å². The van der Waals surface area contributed by atoms with Gasteiger partial charge in [-0.2, -0.15) is 5.10 Å². The first-order chi connectivity index (χ1) is 8.95. The van der Waals surface area contributed by atoms with Crippen LogP contribution in [0.25, 0.3) is 0 Å². The number of thiophene rings is 1. The summed E-state index contributed by atoms with van der Waals surface area (Å²) in [6, 6.07) is 1.94. The largest absolute Gasteiger partial charge is 0.488 e. The number of ketones is 1.